The van der Waals surface area contributed by atoms with Crippen molar-refractivity contribution in [3.8, 4) is 11.5 Å². The lowest BCUT2D eigenvalue weighted by molar-refractivity contribution is -0.385. The van der Waals surface area contributed by atoms with E-state index in [0.717, 1.165) is 18.2 Å². The fraction of sp³-hybridized carbons (Fsp3) is 0.167. The van der Waals surface area contributed by atoms with Crippen molar-refractivity contribution in [1.29, 1.82) is 0 Å². The maximum Gasteiger partial charge on any atom is 0.416 e. The highest BCUT2D eigenvalue weighted by Gasteiger charge is 2.30. The SMILES string of the molecule is O=C(/C=C/c1cc2c(cc1[N+](=O)[O-])OCO2)OCc1ccc(C(F)(F)F)cc1. The van der Waals surface area contributed by atoms with Gasteiger partial charge >= 0.3 is 12.1 Å². The molecule has 1 heterocycles. The van der Waals surface area contributed by atoms with Crippen LogP contribution in [0.25, 0.3) is 6.08 Å². The molecule has 10 heteroatoms. The number of nitrogens with zero attached hydrogens (tertiary/aromatic N) is 1. The number of hydrogen-bond acceptors (Lipinski definition) is 6. The minimum atomic E-state index is -4.45. The Morgan fingerprint density at radius 3 is 2.43 bits per heavy atom. The molecule has 0 N–H and O–H groups in total. The average Bonchev–Trinajstić information content (AvgIpc) is 3.10. The molecule has 0 atom stereocenters. The first-order valence-corrected chi connectivity index (χ1v) is 7.83. The van der Waals surface area contributed by atoms with E-state index in [1.54, 1.807) is 0 Å². The monoisotopic (exact) mass is 395 g/mol. The summed E-state index contributed by atoms with van der Waals surface area (Å²) >= 11 is 0. The molecule has 0 aromatic heterocycles. The van der Waals surface area contributed by atoms with Crippen LogP contribution in [0.1, 0.15) is 16.7 Å². The number of ether oxygens (including phenoxy) is 3. The van der Waals surface area contributed by atoms with Gasteiger partial charge in [0.25, 0.3) is 5.69 Å². The van der Waals surface area contributed by atoms with Crippen molar-refractivity contribution in [2.24, 2.45) is 0 Å². The van der Waals surface area contributed by atoms with E-state index in [4.69, 9.17) is 14.2 Å². The van der Waals surface area contributed by atoms with Crippen molar-refractivity contribution >= 4 is 17.7 Å². The standard InChI is InChI=1S/C18H12F3NO6/c19-18(20,21)13-4-1-11(2-5-13)9-26-17(23)6-3-12-7-15-16(28-10-27-15)8-14(12)22(24)25/h1-8H,9-10H2/b6-3+. The van der Waals surface area contributed by atoms with Gasteiger partial charge in [0.15, 0.2) is 11.5 Å². The van der Waals surface area contributed by atoms with Crippen LogP contribution in [0.2, 0.25) is 0 Å². The molecule has 0 unspecified atom stereocenters. The van der Waals surface area contributed by atoms with Crippen LogP contribution in [-0.2, 0) is 22.3 Å². The van der Waals surface area contributed by atoms with Crippen LogP contribution in [0.5, 0.6) is 11.5 Å². The van der Waals surface area contributed by atoms with Gasteiger partial charge in [0.1, 0.15) is 6.61 Å². The predicted molar refractivity (Wildman–Crippen MR) is 89.5 cm³/mol. The van der Waals surface area contributed by atoms with E-state index in [9.17, 15) is 28.1 Å². The molecule has 2 aromatic rings. The van der Waals surface area contributed by atoms with Gasteiger partial charge in [-0.05, 0) is 29.8 Å². The van der Waals surface area contributed by atoms with Crippen molar-refractivity contribution in [3.05, 3.63) is 69.3 Å². The molecule has 1 aliphatic heterocycles. The third-order valence-corrected chi connectivity index (χ3v) is 3.78. The molecule has 28 heavy (non-hydrogen) atoms. The summed E-state index contributed by atoms with van der Waals surface area (Å²) in [5.74, 6) is -0.274. The quantitative estimate of drug-likeness (QED) is 0.328. The van der Waals surface area contributed by atoms with Crippen LogP contribution in [0.15, 0.2) is 42.5 Å². The molecule has 2 aromatic carbocycles. The van der Waals surface area contributed by atoms with Crippen LogP contribution < -0.4 is 9.47 Å². The van der Waals surface area contributed by atoms with E-state index in [1.165, 1.54) is 30.3 Å². The van der Waals surface area contributed by atoms with Crippen LogP contribution in [0.3, 0.4) is 0 Å². The van der Waals surface area contributed by atoms with Gasteiger partial charge in [-0.3, -0.25) is 10.1 Å². The lowest BCUT2D eigenvalue weighted by atomic mass is 10.1. The number of carbonyl (C=O) groups is 1. The number of nitro benzene ring substituents is 1. The Morgan fingerprint density at radius 1 is 1.18 bits per heavy atom. The zero-order chi connectivity index (χ0) is 20.3. The van der Waals surface area contributed by atoms with Crippen LogP contribution in [-0.4, -0.2) is 17.7 Å². The summed E-state index contributed by atoms with van der Waals surface area (Å²) < 4.78 is 52.7. The fourth-order valence-electron chi connectivity index (χ4n) is 2.39. The van der Waals surface area contributed by atoms with E-state index in [0.29, 0.717) is 11.3 Å². The number of carbonyl (C=O) groups excluding carboxylic acids is 1. The molecule has 1 aliphatic rings. The Kier molecular flexibility index (Phi) is 5.21. The Balaban J connectivity index is 1.65. The third-order valence-electron chi connectivity index (χ3n) is 3.78. The van der Waals surface area contributed by atoms with Gasteiger partial charge in [0, 0.05) is 6.08 Å². The Morgan fingerprint density at radius 2 is 1.82 bits per heavy atom. The summed E-state index contributed by atoms with van der Waals surface area (Å²) in [5, 5.41) is 11.2. The van der Waals surface area contributed by atoms with Crippen molar-refractivity contribution in [2.75, 3.05) is 6.79 Å². The van der Waals surface area contributed by atoms with Gasteiger partial charge < -0.3 is 14.2 Å². The van der Waals surface area contributed by atoms with E-state index in [2.05, 4.69) is 0 Å². The van der Waals surface area contributed by atoms with Crippen LogP contribution in [0.4, 0.5) is 18.9 Å². The summed E-state index contributed by atoms with van der Waals surface area (Å²) in [4.78, 5) is 22.3. The minimum absolute atomic E-state index is 0.0607. The van der Waals surface area contributed by atoms with Crippen LogP contribution >= 0.6 is 0 Å². The number of benzene rings is 2. The first-order chi connectivity index (χ1) is 13.2. The molecule has 0 radical (unpaired) electrons. The zero-order valence-corrected chi connectivity index (χ0v) is 14.1. The summed E-state index contributed by atoms with van der Waals surface area (Å²) in [6.45, 7) is -0.306. The predicted octanol–water partition coefficient (Wildman–Crippen LogP) is 4.10. The van der Waals surface area contributed by atoms with E-state index in [1.807, 2.05) is 0 Å². The summed E-state index contributed by atoms with van der Waals surface area (Å²) in [6, 6.07) is 6.71. The van der Waals surface area contributed by atoms with Gasteiger partial charge in [-0.15, -0.1) is 0 Å². The second-order valence-corrected chi connectivity index (χ2v) is 5.66. The maximum absolute atomic E-state index is 12.5. The lowest BCUT2D eigenvalue weighted by Gasteiger charge is -2.07. The van der Waals surface area contributed by atoms with Crippen molar-refractivity contribution in [1.82, 2.24) is 0 Å². The molecule has 0 amide bonds. The van der Waals surface area contributed by atoms with E-state index < -0.39 is 22.6 Å². The number of fused-ring (bicyclic) bond motifs is 1. The Hall–Kier alpha value is -3.56. The number of rotatable bonds is 5. The molecular formula is C18H12F3NO6. The first-order valence-electron chi connectivity index (χ1n) is 7.83. The smallest absolute Gasteiger partial charge is 0.416 e. The van der Waals surface area contributed by atoms with E-state index >= 15 is 0 Å². The summed E-state index contributed by atoms with van der Waals surface area (Å²) in [7, 11) is 0. The molecule has 0 spiro atoms. The van der Waals surface area contributed by atoms with Gasteiger partial charge in [-0.2, -0.15) is 13.2 Å². The van der Waals surface area contributed by atoms with Crippen molar-refractivity contribution in [3.63, 3.8) is 0 Å². The van der Waals surface area contributed by atoms with Crippen LogP contribution in [0, 0.1) is 10.1 Å². The topological polar surface area (TPSA) is 87.9 Å². The molecule has 0 bridgehead atoms. The molecule has 0 fully saturated rings. The van der Waals surface area contributed by atoms with Gasteiger partial charge in [-0.25, -0.2) is 4.79 Å². The third kappa shape index (κ3) is 4.40. The van der Waals surface area contributed by atoms with E-state index in [-0.39, 0.29) is 30.4 Å². The van der Waals surface area contributed by atoms with Gasteiger partial charge in [-0.1, -0.05) is 12.1 Å². The van der Waals surface area contributed by atoms with Gasteiger partial charge in [0.2, 0.25) is 6.79 Å². The highest BCUT2D eigenvalue weighted by atomic mass is 19.4. The number of alkyl halides is 3. The maximum atomic E-state index is 12.5. The highest BCUT2D eigenvalue weighted by molar-refractivity contribution is 5.88. The molecule has 0 aliphatic carbocycles. The summed E-state index contributed by atoms with van der Waals surface area (Å²) in [6.07, 6.45) is -2.28. The molecular weight excluding hydrogens is 383 g/mol. The van der Waals surface area contributed by atoms with Gasteiger partial charge in [0.05, 0.1) is 22.1 Å². The first kappa shape index (κ1) is 19.2. The molecule has 7 nitrogen and oxygen atoms in total. The Bertz CT molecular complexity index is 938. The number of esters is 1. The second kappa shape index (κ2) is 7.59. The number of hydrogen-bond donors (Lipinski definition) is 0. The minimum Gasteiger partial charge on any atom is -0.458 e. The second-order valence-electron chi connectivity index (χ2n) is 5.66. The fourth-order valence-corrected chi connectivity index (χ4v) is 2.39. The molecule has 3 rings (SSSR count). The Labute approximate surface area is 156 Å². The number of halogens is 3. The lowest BCUT2D eigenvalue weighted by Crippen LogP contribution is -2.05. The normalized spacial score (nSPS) is 13.0. The average molecular weight is 395 g/mol. The molecule has 146 valence electrons. The van der Waals surface area contributed by atoms with Crippen molar-refractivity contribution in [2.45, 2.75) is 12.8 Å². The highest BCUT2D eigenvalue weighted by Crippen LogP contribution is 2.38. The van der Waals surface area contributed by atoms with Crippen molar-refractivity contribution < 1.29 is 37.1 Å². The largest absolute Gasteiger partial charge is 0.458 e. The number of nitro groups is 1. The zero-order valence-electron chi connectivity index (χ0n) is 14.1. The summed E-state index contributed by atoms with van der Waals surface area (Å²) in [5.41, 5.74) is -0.613. The molecule has 0 saturated heterocycles. The molecule has 0 saturated carbocycles.